The van der Waals surface area contributed by atoms with E-state index in [-0.39, 0.29) is 18.6 Å². The first-order valence-electron chi connectivity index (χ1n) is 6.68. The van der Waals surface area contributed by atoms with E-state index in [0.29, 0.717) is 0 Å². The van der Waals surface area contributed by atoms with E-state index in [1.54, 1.807) is 25.2 Å². The molecule has 0 spiro atoms. The highest BCUT2D eigenvalue weighted by Gasteiger charge is 2.27. The maximum absolute atomic E-state index is 11.9. The third kappa shape index (κ3) is 4.85. The summed E-state index contributed by atoms with van der Waals surface area (Å²) >= 11 is 1.60. The van der Waals surface area contributed by atoms with Gasteiger partial charge in [0.15, 0.2) is 0 Å². The van der Waals surface area contributed by atoms with Crippen molar-refractivity contribution in [1.29, 1.82) is 0 Å². The number of aliphatic carboxylic acids is 1. The van der Waals surface area contributed by atoms with E-state index >= 15 is 0 Å². The largest absolute Gasteiger partial charge is 0.481 e. The van der Waals surface area contributed by atoms with Crippen molar-refractivity contribution in [2.45, 2.75) is 39.7 Å². The molecule has 1 heterocycles. The molecule has 3 N–H and O–H groups in total. The Labute approximate surface area is 123 Å². The molecule has 1 aromatic rings. The van der Waals surface area contributed by atoms with Crippen molar-refractivity contribution < 1.29 is 14.7 Å². The second-order valence-corrected chi connectivity index (χ2v) is 6.35. The summed E-state index contributed by atoms with van der Waals surface area (Å²) in [4.78, 5) is 24.0. The minimum absolute atomic E-state index is 0.0204. The smallest absolute Gasteiger partial charge is 0.315 e. The molecule has 5 nitrogen and oxygen atoms in total. The molecule has 0 radical (unpaired) electrons. The van der Waals surface area contributed by atoms with Crippen LogP contribution in [-0.2, 0) is 4.79 Å². The lowest BCUT2D eigenvalue weighted by Crippen LogP contribution is -2.44. The molecular formula is C14H22N2O3S. The van der Waals surface area contributed by atoms with Gasteiger partial charge in [0.25, 0.3) is 0 Å². The van der Waals surface area contributed by atoms with Gasteiger partial charge in [0.05, 0.1) is 11.5 Å². The van der Waals surface area contributed by atoms with Gasteiger partial charge < -0.3 is 15.7 Å². The van der Waals surface area contributed by atoms with Crippen molar-refractivity contribution in [3.05, 3.63) is 22.4 Å². The number of thiophene rings is 1. The summed E-state index contributed by atoms with van der Waals surface area (Å²) in [5.41, 5.74) is -0.972. The van der Waals surface area contributed by atoms with Crippen molar-refractivity contribution in [3.8, 4) is 0 Å². The van der Waals surface area contributed by atoms with Crippen LogP contribution in [-0.4, -0.2) is 23.7 Å². The van der Waals surface area contributed by atoms with Gasteiger partial charge in [0, 0.05) is 11.4 Å². The first-order chi connectivity index (χ1) is 9.36. The van der Waals surface area contributed by atoms with E-state index in [4.69, 9.17) is 5.11 Å². The summed E-state index contributed by atoms with van der Waals surface area (Å²) in [5, 5.41) is 16.5. The van der Waals surface area contributed by atoms with Crippen LogP contribution >= 0.6 is 11.3 Å². The van der Waals surface area contributed by atoms with Crippen LogP contribution in [0.15, 0.2) is 17.5 Å². The average Bonchev–Trinajstić information content (AvgIpc) is 2.89. The third-order valence-corrected chi connectivity index (χ3v) is 4.03. The second kappa shape index (κ2) is 7.28. The van der Waals surface area contributed by atoms with E-state index in [2.05, 4.69) is 17.6 Å². The quantitative estimate of drug-likeness (QED) is 0.724. The Morgan fingerprint density at radius 1 is 1.45 bits per heavy atom. The zero-order valence-electron chi connectivity index (χ0n) is 12.1. The number of carbonyl (C=O) groups is 2. The minimum atomic E-state index is -0.972. The lowest BCUT2D eigenvalue weighted by molar-refractivity contribution is -0.146. The Hall–Kier alpha value is -1.56. The molecule has 1 atom stereocenters. The molecule has 0 aromatic carbocycles. The van der Waals surface area contributed by atoms with Gasteiger partial charge in [0.1, 0.15) is 0 Å². The second-order valence-electron chi connectivity index (χ2n) is 5.37. The number of nitrogens with one attached hydrogen (secondary N) is 2. The predicted octanol–water partition coefficient (Wildman–Crippen LogP) is 3.00. The van der Waals surface area contributed by atoms with Crippen LogP contribution in [0.4, 0.5) is 4.79 Å². The number of carboxylic acid groups (broad SMARTS) is 1. The van der Waals surface area contributed by atoms with Crippen LogP contribution in [0, 0.1) is 5.41 Å². The highest BCUT2D eigenvalue weighted by atomic mass is 32.1. The summed E-state index contributed by atoms with van der Waals surface area (Å²) in [5.74, 6) is -0.929. The van der Waals surface area contributed by atoms with E-state index < -0.39 is 11.4 Å². The Bertz CT molecular complexity index is 443. The van der Waals surface area contributed by atoms with Crippen LogP contribution in [0.1, 0.15) is 44.5 Å². The summed E-state index contributed by atoms with van der Waals surface area (Å²) < 4.78 is 0. The molecule has 0 saturated heterocycles. The number of amides is 2. The Morgan fingerprint density at radius 3 is 2.65 bits per heavy atom. The van der Waals surface area contributed by atoms with Crippen LogP contribution in [0.25, 0.3) is 0 Å². The van der Waals surface area contributed by atoms with Crippen molar-refractivity contribution in [3.63, 3.8) is 0 Å². The SMILES string of the molecule is CCCC(NC(=O)NCC(C)(C)C(=O)O)c1cccs1. The topological polar surface area (TPSA) is 78.4 Å². The Kier molecular flexibility index (Phi) is 6.01. The predicted molar refractivity (Wildman–Crippen MR) is 79.9 cm³/mol. The number of hydrogen-bond donors (Lipinski definition) is 3. The molecule has 20 heavy (non-hydrogen) atoms. The zero-order valence-corrected chi connectivity index (χ0v) is 12.9. The lowest BCUT2D eigenvalue weighted by atomic mass is 9.94. The fourth-order valence-corrected chi connectivity index (χ4v) is 2.46. The Morgan fingerprint density at radius 2 is 2.15 bits per heavy atom. The highest BCUT2D eigenvalue weighted by Crippen LogP contribution is 2.23. The number of carboxylic acids is 1. The van der Waals surface area contributed by atoms with Crippen LogP contribution in [0.5, 0.6) is 0 Å². The van der Waals surface area contributed by atoms with Gasteiger partial charge in [0.2, 0.25) is 0 Å². The molecule has 1 unspecified atom stereocenters. The first kappa shape index (κ1) is 16.5. The summed E-state index contributed by atoms with van der Waals surface area (Å²) in [6.07, 6.45) is 1.82. The van der Waals surface area contributed by atoms with Gasteiger partial charge >= 0.3 is 12.0 Å². The molecular weight excluding hydrogens is 276 g/mol. The van der Waals surface area contributed by atoms with Crippen molar-refractivity contribution in [2.75, 3.05) is 6.54 Å². The van der Waals surface area contributed by atoms with Crippen LogP contribution in [0.3, 0.4) is 0 Å². The normalized spacial score (nSPS) is 12.8. The molecule has 0 bridgehead atoms. The molecule has 1 rings (SSSR count). The molecule has 0 fully saturated rings. The number of urea groups is 1. The molecule has 0 saturated carbocycles. The van der Waals surface area contributed by atoms with E-state index in [1.165, 1.54) is 0 Å². The fraction of sp³-hybridized carbons (Fsp3) is 0.571. The standard InChI is InChI=1S/C14H22N2O3S/c1-4-6-10(11-7-5-8-20-11)16-13(19)15-9-14(2,3)12(17)18/h5,7-8,10H,4,6,9H2,1-3H3,(H,17,18)(H2,15,16,19). The molecule has 1 aromatic heterocycles. The van der Waals surface area contributed by atoms with Gasteiger partial charge in [-0.15, -0.1) is 11.3 Å². The van der Waals surface area contributed by atoms with Gasteiger partial charge in [-0.05, 0) is 31.7 Å². The van der Waals surface area contributed by atoms with E-state index in [1.807, 2.05) is 17.5 Å². The van der Waals surface area contributed by atoms with E-state index in [9.17, 15) is 9.59 Å². The summed E-state index contributed by atoms with van der Waals surface area (Å²) in [6, 6.07) is 3.60. The molecule has 2 amide bonds. The first-order valence-corrected chi connectivity index (χ1v) is 7.56. The third-order valence-electron chi connectivity index (χ3n) is 3.04. The number of hydrogen-bond acceptors (Lipinski definition) is 3. The van der Waals surface area contributed by atoms with Gasteiger partial charge in [-0.3, -0.25) is 4.79 Å². The van der Waals surface area contributed by atoms with Crippen LogP contribution in [0.2, 0.25) is 0 Å². The minimum Gasteiger partial charge on any atom is -0.481 e. The maximum Gasteiger partial charge on any atom is 0.315 e. The van der Waals surface area contributed by atoms with Gasteiger partial charge in [-0.25, -0.2) is 4.79 Å². The monoisotopic (exact) mass is 298 g/mol. The van der Waals surface area contributed by atoms with Crippen LogP contribution < -0.4 is 10.6 Å². The molecule has 6 heteroatoms. The summed E-state index contributed by atoms with van der Waals surface area (Å²) in [7, 11) is 0. The maximum atomic E-state index is 11.9. The molecule has 0 aliphatic rings. The summed E-state index contributed by atoms with van der Waals surface area (Å²) in [6.45, 7) is 5.32. The molecule has 0 aliphatic heterocycles. The van der Waals surface area contributed by atoms with Crippen molar-refractivity contribution in [1.82, 2.24) is 10.6 Å². The zero-order chi connectivity index (χ0) is 15.2. The number of rotatable bonds is 7. The average molecular weight is 298 g/mol. The molecule has 112 valence electrons. The highest BCUT2D eigenvalue weighted by molar-refractivity contribution is 7.10. The van der Waals surface area contributed by atoms with Gasteiger partial charge in [-0.2, -0.15) is 0 Å². The molecule has 0 aliphatic carbocycles. The van der Waals surface area contributed by atoms with E-state index in [0.717, 1.165) is 17.7 Å². The van der Waals surface area contributed by atoms with Gasteiger partial charge in [-0.1, -0.05) is 19.4 Å². The van der Waals surface area contributed by atoms with Crippen molar-refractivity contribution >= 4 is 23.3 Å². The number of carbonyl (C=O) groups excluding carboxylic acids is 1. The van der Waals surface area contributed by atoms with Crippen molar-refractivity contribution in [2.24, 2.45) is 5.41 Å². The fourth-order valence-electron chi connectivity index (χ4n) is 1.65. The Balaban J connectivity index is 2.53. The lowest BCUT2D eigenvalue weighted by Gasteiger charge is -2.22.